The Bertz CT molecular complexity index is 525. The fraction of sp³-hybridized carbons (Fsp3) is 0.706. The number of rotatable bonds is 5. The number of hydrogen-bond donors (Lipinski definition) is 1. The van der Waals surface area contributed by atoms with Crippen molar-refractivity contribution >= 4 is 11.7 Å². The largest absolute Gasteiger partial charge is 0.379 e. The zero-order chi connectivity index (χ0) is 16.6. The van der Waals surface area contributed by atoms with E-state index < -0.39 is 0 Å². The molecule has 0 saturated carbocycles. The Balaban J connectivity index is 1.52. The number of aromatic nitrogens is 2. The number of hydrogen-bond acceptors (Lipinski definition) is 6. The minimum Gasteiger partial charge on any atom is -0.379 e. The second-order valence-corrected chi connectivity index (χ2v) is 6.38. The Kier molecular flexibility index (Phi) is 6.37. The molecule has 0 bridgehead atoms. The predicted molar refractivity (Wildman–Crippen MR) is 92.2 cm³/mol. The standard InChI is InChI=1S/C17H27N5O2/c23-17(22-6-3-1-2-4-7-22)15-13-16(20-14-19-15)18-5-8-21-9-11-24-12-10-21/h13-14H,1-12H2,(H,18,19,20). The quantitative estimate of drug-likeness (QED) is 0.874. The van der Waals surface area contributed by atoms with Crippen LogP contribution in [0.3, 0.4) is 0 Å². The van der Waals surface area contributed by atoms with Crippen LogP contribution >= 0.6 is 0 Å². The Morgan fingerprint density at radius 1 is 1.08 bits per heavy atom. The van der Waals surface area contributed by atoms with Gasteiger partial charge in [0, 0.05) is 45.3 Å². The molecule has 2 aliphatic heterocycles. The topological polar surface area (TPSA) is 70.6 Å². The summed E-state index contributed by atoms with van der Waals surface area (Å²) in [5.74, 6) is 0.743. The van der Waals surface area contributed by atoms with Gasteiger partial charge >= 0.3 is 0 Å². The predicted octanol–water partition coefficient (Wildman–Crippen LogP) is 1.24. The summed E-state index contributed by atoms with van der Waals surface area (Å²) in [4.78, 5) is 25.3. The summed E-state index contributed by atoms with van der Waals surface area (Å²) in [7, 11) is 0. The van der Waals surface area contributed by atoms with Crippen molar-refractivity contribution in [1.29, 1.82) is 0 Å². The van der Waals surface area contributed by atoms with Crippen LogP contribution in [0.15, 0.2) is 12.4 Å². The summed E-state index contributed by atoms with van der Waals surface area (Å²) in [6, 6.07) is 1.77. The number of amides is 1. The highest BCUT2D eigenvalue weighted by Crippen LogP contribution is 2.13. The van der Waals surface area contributed by atoms with Gasteiger partial charge in [-0.15, -0.1) is 0 Å². The molecule has 3 heterocycles. The first-order chi connectivity index (χ1) is 11.8. The fourth-order valence-electron chi connectivity index (χ4n) is 3.17. The molecule has 24 heavy (non-hydrogen) atoms. The molecule has 0 radical (unpaired) electrons. The highest BCUT2D eigenvalue weighted by Gasteiger charge is 2.19. The van der Waals surface area contributed by atoms with Gasteiger partial charge in [-0.25, -0.2) is 9.97 Å². The lowest BCUT2D eigenvalue weighted by Gasteiger charge is -2.26. The van der Waals surface area contributed by atoms with Crippen LogP contribution in [-0.4, -0.2) is 78.2 Å². The van der Waals surface area contributed by atoms with Crippen LogP contribution in [-0.2, 0) is 4.74 Å². The average Bonchev–Trinajstić information content (AvgIpc) is 2.92. The minimum atomic E-state index is 0.0236. The van der Waals surface area contributed by atoms with Crippen molar-refractivity contribution in [3.05, 3.63) is 18.1 Å². The third-order valence-electron chi connectivity index (χ3n) is 4.62. The smallest absolute Gasteiger partial charge is 0.272 e. The zero-order valence-corrected chi connectivity index (χ0v) is 14.2. The zero-order valence-electron chi connectivity index (χ0n) is 14.2. The molecule has 0 aromatic carbocycles. The Hall–Kier alpha value is -1.73. The number of carbonyl (C=O) groups excluding carboxylic acids is 1. The van der Waals surface area contributed by atoms with Gasteiger partial charge in [0.1, 0.15) is 17.8 Å². The summed E-state index contributed by atoms with van der Waals surface area (Å²) < 4.78 is 5.35. The number of ether oxygens (including phenoxy) is 1. The molecule has 3 rings (SSSR count). The van der Waals surface area contributed by atoms with Gasteiger partial charge in [-0.3, -0.25) is 9.69 Å². The molecule has 0 aliphatic carbocycles. The number of morpholine rings is 1. The molecule has 0 unspecified atom stereocenters. The van der Waals surface area contributed by atoms with Crippen molar-refractivity contribution in [1.82, 2.24) is 19.8 Å². The first-order valence-corrected chi connectivity index (χ1v) is 8.98. The van der Waals surface area contributed by atoms with E-state index in [0.717, 1.165) is 71.1 Å². The molecule has 7 nitrogen and oxygen atoms in total. The van der Waals surface area contributed by atoms with Crippen molar-refractivity contribution in [3.8, 4) is 0 Å². The van der Waals surface area contributed by atoms with Crippen LogP contribution in [0.25, 0.3) is 0 Å². The van der Waals surface area contributed by atoms with Gasteiger partial charge in [-0.1, -0.05) is 12.8 Å². The minimum absolute atomic E-state index is 0.0236. The van der Waals surface area contributed by atoms with E-state index in [1.54, 1.807) is 6.07 Å². The second kappa shape index (κ2) is 8.94. The van der Waals surface area contributed by atoms with Crippen molar-refractivity contribution < 1.29 is 9.53 Å². The summed E-state index contributed by atoms with van der Waals surface area (Å²) >= 11 is 0. The highest BCUT2D eigenvalue weighted by atomic mass is 16.5. The maximum absolute atomic E-state index is 12.6. The first kappa shape index (κ1) is 17.1. The third-order valence-corrected chi connectivity index (χ3v) is 4.62. The number of carbonyl (C=O) groups is 1. The summed E-state index contributed by atoms with van der Waals surface area (Å²) in [5.41, 5.74) is 0.487. The number of anilines is 1. The Morgan fingerprint density at radius 2 is 1.83 bits per heavy atom. The van der Waals surface area contributed by atoms with E-state index in [2.05, 4.69) is 20.2 Å². The van der Waals surface area contributed by atoms with Crippen LogP contribution in [0, 0.1) is 0 Å². The molecule has 0 atom stereocenters. The molecule has 0 spiro atoms. The van der Waals surface area contributed by atoms with E-state index in [4.69, 9.17) is 4.74 Å². The molecule has 2 aliphatic rings. The van der Waals surface area contributed by atoms with Crippen LogP contribution in [0.4, 0.5) is 5.82 Å². The van der Waals surface area contributed by atoms with Gasteiger partial charge in [-0.05, 0) is 12.8 Å². The normalized spacial score (nSPS) is 19.8. The van der Waals surface area contributed by atoms with Crippen molar-refractivity contribution in [2.75, 3.05) is 57.8 Å². The fourth-order valence-corrected chi connectivity index (χ4v) is 3.17. The monoisotopic (exact) mass is 333 g/mol. The number of nitrogens with one attached hydrogen (secondary N) is 1. The van der Waals surface area contributed by atoms with Gasteiger partial charge < -0.3 is 15.0 Å². The molecule has 1 aromatic heterocycles. The van der Waals surface area contributed by atoms with E-state index in [9.17, 15) is 4.79 Å². The summed E-state index contributed by atoms with van der Waals surface area (Å²) in [6.07, 6.45) is 6.06. The summed E-state index contributed by atoms with van der Waals surface area (Å²) in [5, 5.41) is 3.30. The van der Waals surface area contributed by atoms with Crippen LogP contribution in [0.1, 0.15) is 36.2 Å². The number of nitrogens with zero attached hydrogens (tertiary/aromatic N) is 4. The van der Waals surface area contributed by atoms with Crippen molar-refractivity contribution in [2.24, 2.45) is 0 Å². The van der Waals surface area contributed by atoms with Crippen LogP contribution in [0.5, 0.6) is 0 Å². The van der Waals surface area contributed by atoms with Gasteiger partial charge in [-0.2, -0.15) is 0 Å². The number of likely N-dealkylation sites (tertiary alicyclic amines) is 1. The average molecular weight is 333 g/mol. The summed E-state index contributed by atoms with van der Waals surface area (Å²) in [6.45, 7) is 6.99. The molecule has 1 N–H and O–H groups in total. The lowest BCUT2D eigenvalue weighted by molar-refractivity contribution is 0.0398. The molecule has 7 heteroatoms. The van der Waals surface area contributed by atoms with E-state index in [1.165, 1.54) is 19.2 Å². The van der Waals surface area contributed by atoms with Gasteiger partial charge in [0.15, 0.2) is 0 Å². The van der Waals surface area contributed by atoms with E-state index in [0.29, 0.717) is 5.69 Å². The van der Waals surface area contributed by atoms with Crippen molar-refractivity contribution in [3.63, 3.8) is 0 Å². The SMILES string of the molecule is O=C(c1cc(NCCN2CCOCC2)ncn1)N1CCCCCC1. The van der Waals surface area contributed by atoms with E-state index in [1.807, 2.05) is 4.90 Å². The maximum Gasteiger partial charge on any atom is 0.272 e. The second-order valence-electron chi connectivity index (χ2n) is 6.38. The van der Waals surface area contributed by atoms with E-state index >= 15 is 0 Å². The lowest BCUT2D eigenvalue weighted by atomic mass is 10.2. The first-order valence-electron chi connectivity index (χ1n) is 8.98. The van der Waals surface area contributed by atoms with Crippen LogP contribution in [0.2, 0.25) is 0 Å². The molecular formula is C17H27N5O2. The molecule has 132 valence electrons. The van der Waals surface area contributed by atoms with Gasteiger partial charge in [0.25, 0.3) is 5.91 Å². The van der Waals surface area contributed by atoms with Crippen LogP contribution < -0.4 is 5.32 Å². The molecule has 1 amide bonds. The van der Waals surface area contributed by atoms with Gasteiger partial charge in [0.05, 0.1) is 13.2 Å². The Labute approximate surface area is 143 Å². The maximum atomic E-state index is 12.6. The Morgan fingerprint density at radius 3 is 2.58 bits per heavy atom. The molecule has 1 aromatic rings. The molecule has 2 fully saturated rings. The highest BCUT2D eigenvalue weighted by molar-refractivity contribution is 5.92. The third kappa shape index (κ3) is 4.88. The lowest BCUT2D eigenvalue weighted by Crippen LogP contribution is -2.39. The van der Waals surface area contributed by atoms with Gasteiger partial charge in [0.2, 0.25) is 0 Å². The molecular weight excluding hydrogens is 306 g/mol. The molecule has 2 saturated heterocycles. The van der Waals surface area contributed by atoms with Crippen molar-refractivity contribution in [2.45, 2.75) is 25.7 Å². The van der Waals surface area contributed by atoms with E-state index in [-0.39, 0.29) is 5.91 Å².